The fourth-order valence-electron chi connectivity index (χ4n) is 1.59. The summed E-state index contributed by atoms with van der Waals surface area (Å²) in [6.45, 7) is 1.20. The lowest BCUT2D eigenvalue weighted by atomic mass is 10.0. The van der Waals surface area contributed by atoms with E-state index in [1.807, 2.05) is 0 Å². The van der Waals surface area contributed by atoms with Gasteiger partial charge in [0.25, 0.3) is 0 Å². The van der Waals surface area contributed by atoms with E-state index >= 15 is 0 Å². The molecule has 0 radical (unpaired) electrons. The van der Waals surface area contributed by atoms with Crippen LogP contribution in [0.25, 0.3) is 0 Å². The molecule has 1 aromatic carbocycles. The quantitative estimate of drug-likeness (QED) is 0.805. The maximum absolute atomic E-state index is 11.4. The zero-order valence-electron chi connectivity index (χ0n) is 9.29. The van der Waals surface area contributed by atoms with Gasteiger partial charge in [0.05, 0.1) is 12.7 Å². The highest BCUT2D eigenvalue weighted by molar-refractivity contribution is 7.91. The molecular weight excluding hydrogens is 228 g/mol. The van der Waals surface area contributed by atoms with Crippen LogP contribution in [0.1, 0.15) is 17.2 Å². The van der Waals surface area contributed by atoms with Gasteiger partial charge in [-0.25, -0.2) is 8.42 Å². The molecule has 4 nitrogen and oxygen atoms in total. The van der Waals surface area contributed by atoms with Crippen molar-refractivity contribution in [3.8, 4) is 0 Å². The summed E-state index contributed by atoms with van der Waals surface area (Å²) in [6, 6.07) is 6.98. The molecule has 16 heavy (non-hydrogen) atoms. The number of aliphatic hydroxyl groups excluding tert-OH is 2. The van der Waals surface area contributed by atoms with Gasteiger partial charge in [-0.05, 0) is 18.1 Å². The number of hydrogen-bond acceptors (Lipinski definition) is 4. The minimum absolute atomic E-state index is 0.534. The van der Waals surface area contributed by atoms with E-state index in [9.17, 15) is 13.5 Å². The van der Waals surface area contributed by atoms with E-state index in [1.165, 1.54) is 0 Å². The van der Waals surface area contributed by atoms with Gasteiger partial charge in [-0.15, -0.1) is 0 Å². The number of benzene rings is 1. The number of hydrogen-bond donors (Lipinski definition) is 2. The second kappa shape index (κ2) is 4.95. The summed E-state index contributed by atoms with van der Waals surface area (Å²) in [4.78, 5) is 0. The zero-order valence-corrected chi connectivity index (χ0v) is 10.1. The Morgan fingerprint density at radius 3 is 2.31 bits per heavy atom. The van der Waals surface area contributed by atoms with Crippen LogP contribution in [-0.2, 0) is 9.84 Å². The van der Waals surface area contributed by atoms with Gasteiger partial charge in [-0.1, -0.05) is 24.3 Å². The standard InChI is InChI=1S/C11H16O4S/c1-8-5-3-4-6-9(8)11(13)10(7-12)16(2,14)15/h3-6,10-13H,7H2,1-2H3/t10-,11-/m0/s1. The molecule has 0 aliphatic carbocycles. The second-order valence-corrected chi connectivity index (χ2v) is 6.12. The molecule has 2 atom stereocenters. The Morgan fingerprint density at radius 1 is 1.31 bits per heavy atom. The summed E-state index contributed by atoms with van der Waals surface area (Å²) < 4.78 is 22.7. The smallest absolute Gasteiger partial charge is 0.155 e. The first kappa shape index (κ1) is 13.2. The summed E-state index contributed by atoms with van der Waals surface area (Å²) in [6.07, 6.45) is -0.184. The van der Waals surface area contributed by atoms with Crippen LogP contribution in [-0.4, -0.2) is 36.7 Å². The Labute approximate surface area is 95.5 Å². The molecule has 0 aromatic heterocycles. The van der Waals surface area contributed by atoms with Crippen LogP contribution in [0.5, 0.6) is 0 Å². The molecule has 0 aliphatic rings. The van der Waals surface area contributed by atoms with Crippen LogP contribution in [0.15, 0.2) is 24.3 Å². The van der Waals surface area contributed by atoms with Gasteiger partial charge >= 0.3 is 0 Å². The van der Waals surface area contributed by atoms with Crippen LogP contribution >= 0.6 is 0 Å². The minimum atomic E-state index is -3.48. The van der Waals surface area contributed by atoms with Crippen molar-refractivity contribution < 1.29 is 18.6 Å². The third-order valence-corrected chi connectivity index (χ3v) is 4.10. The van der Waals surface area contributed by atoms with Crippen molar-refractivity contribution in [3.05, 3.63) is 35.4 Å². The Bertz CT molecular complexity index is 453. The molecule has 90 valence electrons. The van der Waals surface area contributed by atoms with Gasteiger partial charge in [0.2, 0.25) is 0 Å². The lowest BCUT2D eigenvalue weighted by molar-refractivity contribution is 0.137. The first-order valence-corrected chi connectivity index (χ1v) is 6.86. The average molecular weight is 244 g/mol. The SMILES string of the molecule is Cc1ccccc1[C@H](O)[C@H](CO)S(C)(=O)=O. The van der Waals surface area contributed by atoms with Crippen LogP contribution in [0.4, 0.5) is 0 Å². The molecule has 0 amide bonds. The highest BCUT2D eigenvalue weighted by Crippen LogP contribution is 2.24. The maximum Gasteiger partial charge on any atom is 0.155 e. The molecule has 0 spiro atoms. The Morgan fingerprint density at radius 2 is 1.88 bits per heavy atom. The van der Waals surface area contributed by atoms with E-state index in [4.69, 9.17) is 5.11 Å². The van der Waals surface area contributed by atoms with Crippen LogP contribution in [0, 0.1) is 6.92 Å². The predicted octanol–water partition coefficient (Wildman–Crippen LogP) is 0.434. The van der Waals surface area contributed by atoms with Crippen LogP contribution in [0.2, 0.25) is 0 Å². The molecule has 0 bridgehead atoms. The topological polar surface area (TPSA) is 74.6 Å². The summed E-state index contributed by atoms with van der Waals surface area (Å²) in [5, 5.41) is 17.8. The van der Waals surface area contributed by atoms with Gasteiger partial charge in [0.1, 0.15) is 5.25 Å². The van der Waals surface area contributed by atoms with Crippen LogP contribution < -0.4 is 0 Å². The molecule has 5 heteroatoms. The monoisotopic (exact) mass is 244 g/mol. The maximum atomic E-state index is 11.4. The lowest BCUT2D eigenvalue weighted by Gasteiger charge is -2.21. The van der Waals surface area contributed by atoms with E-state index in [2.05, 4.69) is 0 Å². The van der Waals surface area contributed by atoms with E-state index in [0.717, 1.165) is 11.8 Å². The highest BCUT2D eigenvalue weighted by Gasteiger charge is 2.30. The van der Waals surface area contributed by atoms with Gasteiger partial charge in [-0.2, -0.15) is 0 Å². The van der Waals surface area contributed by atoms with E-state index in [-0.39, 0.29) is 0 Å². The van der Waals surface area contributed by atoms with Crippen molar-refractivity contribution >= 4 is 9.84 Å². The first-order valence-electron chi connectivity index (χ1n) is 4.91. The molecule has 0 heterocycles. The summed E-state index contributed by atoms with van der Waals surface area (Å²) >= 11 is 0. The van der Waals surface area contributed by atoms with E-state index in [0.29, 0.717) is 5.56 Å². The summed E-state index contributed by atoms with van der Waals surface area (Å²) in [5.41, 5.74) is 1.34. The van der Waals surface area contributed by atoms with Crippen molar-refractivity contribution in [3.63, 3.8) is 0 Å². The first-order chi connectivity index (χ1) is 7.38. The molecule has 2 N–H and O–H groups in total. The lowest BCUT2D eigenvalue weighted by Crippen LogP contribution is -2.31. The van der Waals surface area contributed by atoms with Gasteiger partial charge in [-0.3, -0.25) is 0 Å². The van der Waals surface area contributed by atoms with Crippen molar-refractivity contribution in [2.24, 2.45) is 0 Å². The highest BCUT2D eigenvalue weighted by atomic mass is 32.2. The van der Waals surface area contributed by atoms with Crippen molar-refractivity contribution in [1.29, 1.82) is 0 Å². The normalized spacial score (nSPS) is 15.8. The number of aryl methyl sites for hydroxylation is 1. The van der Waals surface area contributed by atoms with Gasteiger partial charge < -0.3 is 10.2 Å². The number of sulfone groups is 1. The van der Waals surface area contributed by atoms with E-state index in [1.54, 1.807) is 31.2 Å². The molecule has 0 fully saturated rings. The van der Waals surface area contributed by atoms with Crippen molar-refractivity contribution in [2.75, 3.05) is 12.9 Å². The van der Waals surface area contributed by atoms with Crippen LogP contribution in [0.3, 0.4) is 0 Å². The summed E-state index contributed by atoms with van der Waals surface area (Å²) in [5.74, 6) is 0. The fraction of sp³-hybridized carbons (Fsp3) is 0.455. The predicted molar refractivity (Wildman–Crippen MR) is 61.9 cm³/mol. The zero-order chi connectivity index (χ0) is 12.3. The molecule has 0 unspecified atom stereocenters. The second-order valence-electron chi connectivity index (χ2n) is 3.85. The molecule has 0 saturated carbocycles. The van der Waals surface area contributed by atoms with Gasteiger partial charge in [0.15, 0.2) is 9.84 Å². The summed E-state index contributed by atoms with van der Waals surface area (Å²) in [7, 11) is -3.48. The number of aliphatic hydroxyl groups is 2. The molecular formula is C11H16O4S. The van der Waals surface area contributed by atoms with E-state index < -0.39 is 27.8 Å². The number of rotatable bonds is 4. The molecule has 0 aliphatic heterocycles. The Kier molecular flexibility index (Phi) is 4.07. The molecule has 1 rings (SSSR count). The van der Waals surface area contributed by atoms with Gasteiger partial charge in [0, 0.05) is 6.26 Å². The van der Waals surface area contributed by atoms with Crippen molar-refractivity contribution in [1.82, 2.24) is 0 Å². The van der Waals surface area contributed by atoms with Crippen molar-refractivity contribution in [2.45, 2.75) is 18.3 Å². The largest absolute Gasteiger partial charge is 0.395 e. The average Bonchev–Trinajstić information content (AvgIpc) is 2.17. The third-order valence-electron chi connectivity index (χ3n) is 2.59. The Balaban J connectivity index is 3.10. The minimum Gasteiger partial charge on any atom is -0.395 e. The molecule has 0 saturated heterocycles. The Hall–Kier alpha value is -0.910. The molecule has 1 aromatic rings. The fourth-order valence-corrected chi connectivity index (χ4v) is 2.47. The third kappa shape index (κ3) is 2.81.